The number of aryl methyl sites for hydroxylation is 1. The van der Waals surface area contributed by atoms with Crippen molar-refractivity contribution in [3.05, 3.63) is 57.8 Å². The molecule has 1 heterocycles. The lowest BCUT2D eigenvalue weighted by molar-refractivity contribution is 0.254. The molecule has 2 N–H and O–H groups in total. The van der Waals surface area contributed by atoms with Crippen LogP contribution in [-0.4, -0.2) is 0 Å². The Balaban J connectivity index is 2.04. The maximum Gasteiger partial charge on any atom is 0.0489 e. The topological polar surface area (TPSA) is 26.0 Å². The van der Waals surface area contributed by atoms with E-state index in [1.54, 1.807) is 0 Å². The third-order valence-corrected chi connectivity index (χ3v) is 5.36. The molecule has 0 amide bonds. The number of hydrogen-bond acceptors (Lipinski definition) is 2. The lowest BCUT2D eigenvalue weighted by Gasteiger charge is -2.42. The van der Waals surface area contributed by atoms with Crippen LogP contribution in [0, 0.1) is 6.92 Å². The summed E-state index contributed by atoms with van der Waals surface area (Å²) in [6.45, 7) is 2.20. The van der Waals surface area contributed by atoms with Crippen LogP contribution < -0.4 is 5.73 Å². The number of thiophene rings is 1. The van der Waals surface area contributed by atoms with Gasteiger partial charge in [-0.3, -0.25) is 0 Å². The molecular weight excluding hydrogens is 250 g/mol. The summed E-state index contributed by atoms with van der Waals surface area (Å²) >= 11 is 1.81. The van der Waals surface area contributed by atoms with E-state index in [-0.39, 0.29) is 5.54 Å². The van der Waals surface area contributed by atoms with Crippen LogP contribution in [0.15, 0.2) is 41.8 Å². The van der Waals surface area contributed by atoms with Crippen molar-refractivity contribution >= 4 is 11.3 Å². The van der Waals surface area contributed by atoms with Gasteiger partial charge in [0, 0.05) is 16.3 Å². The van der Waals surface area contributed by atoms with E-state index >= 15 is 0 Å². The van der Waals surface area contributed by atoms with Gasteiger partial charge in [0.25, 0.3) is 0 Å². The fraction of sp³-hybridized carbons (Fsp3) is 0.412. The summed E-state index contributed by atoms with van der Waals surface area (Å²) in [4.78, 5) is 1.38. The van der Waals surface area contributed by atoms with Crippen LogP contribution in [0.4, 0.5) is 0 Å². The van der Waals surface area contributed by atoms with Crippen molar-refractivity contribution in [2.24, 2.45) is 5.73 Å². The number of nitrogens with two attached hydrogens (primary N) is 1. The Kier molecular flexibility index (Phi) is 3.46. The van der Waals surface area contributed by atoms with Gasteiger partial charge in [0.05, 0.1) is 0 Å². The van der Waals surface area contributed by atoms with Crippen LogP contribution >= 0.6 is 11.3 Å². The first-order chi connectivity index (χ1) is 9.22. The highest BCUT2D eigenvalue weighted by Crippen LogP contribution is 2.47. The third kappa shape index (κ3) is 2.24. The molecule has 1 aromatic heterocycles. The zero-order valence-electron chi connectivity index (χ0n) is 11.4. The van der Waals surface area contributed by atoms with Crippen LogP contribution in [-0.2, 0) is 5.54 Å². The molecular formula is C17H21NS. The molecule has 0 bridgehead atoms. The highest BCUT2D eigenvalue weighted by molar-refractivity contribution is 7.10. The van der Waals surface area contributed by atoms with Crippen molar-refractivity contribution in [1.29, 1.82) is 0 Å². The van der Waals surface area contributed by atoms with Crippen LogP contribution in [0.3, 0.4) is 0 Å². The van der Waals surface area contributed by atoms with Crippen LogP contribution in [0.2, 0.25) is 0 Å². The molecule has 1 nitrogen and oxygen atoms in total. The molecule has 1 fully saturated rings. The second kappa shape index (κ2) is 5.10. The van der Waals surface area contributed by atoms with Crippen molar-refractivity contribution in [2.45, 2.75) is 44.1 Å². The van der Waals surface area contributed by atoms with Crippen molar-refractivity contribution < 1.29 is 0 Å². The smallest absolute Gasteiger partial charge is 0.0489 e. The van der Waals surface area contributed by atoms with E-state index < -0.39 is 0 Å². The van der Waals surface area contributed by atoms with E-state index in [2.05, 4.69) is 48.7 Å². The molecule has 2 atom stereocenters. The van der Waals surface area contributed by atoms with Crippen molar-refractivity contribution in [2.75, 3.05) is 0 Å². The van der Waals surface area contributed by atoms with Gasteiger partial charge in [0.15, 0.2) is 0 Å². The van der Waals surface area contributed by atoms with E-state index in [1.807, 2.05) is 11.3 Å². The molecule has 0 radical (unpaired) electrons. The molecule has 2 aromatic rings. The molecule has 0 spiro atoms. The van der Waals surface area contributed by atoms with Gasteiger partial charge in [-0.2, -0.15) is 0 Å². The van der Waals surface area contributed by atoms with Gasteiger partial charge in [-0.1, -0.05) is 43.2 Å². The molecule has 1 saturated carbocycles. The zero-order chi connectivity index (χ0) is 13.3. The first-order valence-electron chi connectivity index (χ1n) is 7.10. The molecule has 1 aliphatic rings. The predicted molar refractivity (Wildman–Crippen MR) is 82.6 cm³/mol. The monoisotopic (exact) mass is 271 g/mol. The Morgan fingerprint density at radius 3 is 2.63 bits per heavy atom. The quantitative estimate of drug-likeness (QED) is 0.851. The first kappa shape index (κ1) is 12.9. The summed E-state index contributed by atoms with van der Waals surface area (Å²) in [7, 11) is 0. The Bertz CT molecular complexity index is 545. The van der Waals surface area contributed by atoms with Gasteiger partial charge < -0.3 is 5.73 Å². The molecule has 100 valence electrons. The van der Waals surface area contributed by atoms with Gasteiger partial charge in [-0.15, -0.1) is 11.3 Å². The maximum atomic E-state index is 6.91. The van der Waals surface area contributed by atoms with Gasteiger partial charge in [-0.25, -0.2) is 0 Å². The summed E-state index contributed by atoms with van der Waals surface area (Å²) in [6, 6.07) is 13.1. The van der Waals surface area contributed by atoms with Gasteiger partial charge in [0.2, 0.25) is 0 Å². The van der Waals surface area contributed by atoms with E-state index in [1.165, 1.54) is 35.3 Å². The van der Waals surface area contributed by atoms with E-state index in [0.29, 0.717) is 5.92 Å². The van der Waals surface area contributed by atoms with E-state index in [9.17, 15) is 0 Å². The minimum Gasteiger partial charge on any atom is -0.321 e. The minimum atomic E-state index is -0.177. The van der Waals surface area contributed by atoms with Gasteiger partial charge in [0.1, 0.15) is 0 Å². The molecule has 1 aliphatic carbocycles. The van der Waals surface area contributed by atoms with E-state index in [4.69, 9.17) is 5.73 Å². The van der Waals surface area contributed by atoms with Crippen LogP contribution in [0.1, 0.15) is 47.6 Å². The molecule has 0 saturated heterocycles. The molecule has 2 heteroatoms. The predicted octanol–water partition coefficient (Wildman–Crippen LogP) is 4.57. The van der Waals surface area contributed by atoms with Gasteiger partial charge >= 0.3 is 0 Å². The molecule has 19 heavy (non-hydrogen) atoms. The Morgan fingerprint density at radius 1 is 1.16 bits per heavy atom. The first-order valence-corrected chi connectivity index (χ1v) is 7.98. The molecule has 3 rings (SSSR count). The number of benzene rings is 1. The normalized spacial score (nSPS) is 27.4. The number of rotatable bonds is 2. The second-order valence-corrected chi connectivity index (χ2v) is 6.76. The maximum absolute atomic E-state index is 6.91. The Labute approximate surface area is 119 Å². The highest BCUT2D eigenvalue weighted by atomic mass is 32.1. The Morgan fingerprint density at radius 2 is 1.95 bits per heavy atom. The van der Waals surface area contributed by atoms with Crippen LogP contribution in [0.5, 0.6) is 0 Å². The minimum absolute atomic E-state index is 0.177. The fourth-order valence-corrected chi connectivity index (χ4v) is 4.33. The summed E-state index contributed by atoms with van der Waals surface area (Å²) in [5, 5.41) is 2.18. The largest absolute Gasteiger partial charge is 0.321 e. The lowest BCUT2D eigenvalue weighted by Crippen LogP contribution is -2.45. The molecule has 0 aliphatic heterocycles. The molecule has 2 unspecified atom stereocenters. The summed E-state index contributed by atoms with van der Waals surface area (Å²) in [6.07, 6.45) is 4.84. The lowest BCUT2D eigenvalue weighted by atomic mass is 9.67. The van der Waals surface area contributed by atoms with Crippen molar-refractivity contribution in [3.63, 3.8) is 0 Å². The summed E-state index contributed by atoms with van der Waals surface area (Å²) in [5.41, 5.74) is 9.50. The SMILES string of the molecule is Cc1sccc1C1(N)CCCCC1c1ccccc1. The second-order valence-electron chi connectivity index (χ2n) is 5.64. The Hall–Kier alpha value is -1.12. The fourth-order valence-electron chi connectivity index (χ4n) is 3.54. The summed E-state index contributed by atoms with van der Waals surface area (Å²) < 4.78 is 0. The third-order valence-electron chi connectivity index (χ3n) is 4.52. The van der Waals surface area contributed by atoms with E-state index in [0.717, 1.165) is 6.42 Å². The zero-order valence-corrected chi connectivity index (χ0v) is 12.2. The average Bonchev–Trinajstić information content (AvgIpc) is 2.87. The van der Waals surface area contributed by atoms with Crippen LogP contribution in [0.25, 0.3) is 0 Å². The van der Waals surface area contributed by atoms with Crippen molar-refractivity contribution in [1.82, 2.24) is 0 Å². The molecule has 1 aromatic carbocycles. The standard InChI is InChI=1S/C17H21NS/c1-13-15(10-12-19-13)17(18)11-6-5-9-16(17)14-7-3-2-4-8-14/h2-4,7-8,10,12,16H,5-6,9,11,18H2,1H3. The number of hydrogen-bond donors (Lipinski definition) is 1. The summed E-state index contributed by atoms with van der Waals surface area (Å²) in [5.74, 6) is 0.454. The van der Waals surface area contributed by atoms with Gasteiger partial charge in [-0.05, 0) is 42.3 Å². The van der Waals surface area contributed by atoms with Crippen molar-refractivity contribution in [3.8, 4) is 0 Å². The highest BCUT2D eigenvalue weighted by Gasteiger charge is 2.40. The average molecular weight is 271 g/mol.